The Kier molecular flexibility index (Phi) is 12.6. The summed E-state index contributed by atoms with van der Waals surface area (Å²) in [5.74, 6) is -1.40. The average molecular weight is 727 g/mol. The summed E-state index contributed by atoms with van der Waals surface area (Å²) in [6.07, 6.45) is 12.1. The first-order valence-corrected chi connectivity index (χ1v) is 20.9. The van der Waals surface area contributed by atoms with Crippen LogP contribution in [0.15, 0.2) is 0 Å². The molecule has 0 spiro atoms. The molecule has 292 valence electrons. The van der Waals surface area contributed by atoms with Gasteiger partial charge in [0.1, 0.15) is 6.04 Å². The zero-order chi connectivity index (χ0) is 36.4. The van der Waals surface area contributed by atoms with Crippen molar-refractivity contribution >= 4 is 23.6 Å². The van der Waals surface area contributed by atoms with Crippen LogP contribution in [-0.2, 0) is 19.2 Å². The van der Waals surface area contributed by atoms with E-state index in [-0.39, 0.29) is 42.5 Å². The van der Waals surface area contributed by atoms with Gasteiger partial charge in [-0.25, -0.2) is 5.01 Å². The number of likely N-dealkylation sites (tertiary alicyclic amines) is 1. The van der Waals surface area contributed by atoms with E-state index < -0.39 is 17.9 Å². The maximum Gasteiger partial charge on any atom is 0.249 e. The Morgan fingerprint density at radius 1 is 0.865 bits per heavy atom. The number of piperazine rings is 1. The molecule has 0 aromatic heterocycles. The molecule has 7 aliphatic rings. The number of carbonyl (C=O) groups excluding carboxylic acids is 4. The fourth-order valence-corrected chi connectivity index (χ4v) is 10.7. The summed E-state index contributed by atoms with van der Waals surface area (Å²) in [6, 6.07) is 1.29. The van der Waals surface area contributed by atoms with Crippen LogP contribution in [0.3, 0.4) is 0 Å². The topological polar surface area (TPSA) is 153 Å². The summed E-state index contributed by atoms with van der Waals surface area (Å²) in [4.78, 5) is 57.3. The van der Waals surface area contributed by atoms with E-state index in [1.165, 1.54) is 43.4 Å². The highest BCUT2D eigenvalue weighted by Crippen LogP contribution is 2.40. The van der Waals surface area contributed by atoms with Crippen molar-refractivity contribution in [2.45, 2.75) is 146 Å². The lowest BCUT2D eigenvalue weighted by Crippen LogP contribution is -2.66. The second-order valence-electron chi connectivity index (χ2n) is 16.9. The molecule has 7 rings (SSSR count). The van der Waals surface area contributed by atoms with Crippen molar-refractivity contribution in [1.82, 2.24) is 51.7 Å². The van der Waals surface area contributed by atoms with Crippen molar-refractivity contribution in [2.24, 2.45) is 17.8 Å². The molecule has 5 aliphatic heterocycles. The van der Waals surface area contributed by atoms with Gasteiger partial charge in [-0.1, -0.05) is 33.1 Å². The van der Waals surface area contributed by atoms with Gasteiger partial charge in [0.05, 0.1) is 24.2 Å². The highest BCUT2D eigenvalue weighted by Gasteiger charge is 2.55. The van der Waals surface area contributed by atoms with Crippen LogP contribution in [0.1, 0.15) is 97.8 Å². The second-order valence-corrected chi connectivity index (χ2v) is 16.9. The first-order chi connectivity index (χ1) is 25.2. The first-order valence-electron chi connectivity index (χ1n) is 20.9. The van der Waals surface area contributed by atoms with Crippen molar-refractivity contribution < 1.29 is 19.2 Å². The summed E-state index contributed by atoms with van der Waals surface area (Å²) >= 11 is 0. The van der Waals surface area contributed by atoms with Gasteiger partial charge >= 0.3 is 0 Å². The van der Waals surface area contributed by atoms with Gasteiger partial charge in [-0.3, -0.25) is 55.3 Å². The fraction of sp³-hybridized carbons (Fsp3) is 0.895. The Balaban J connectivity index is 0.801. The molecule has 5 heterocycles. The third kappa shape index (κ3) is 8.29. The van der Waals surface area contributed by atoms with Gasteiger partial charge in [-0.05, 0) is 64.2 Å². The number of imide groups is 2. The lowest BCUT2D eigenvalue weighted by Gasteiger charge is -2.45. The molecule has 0 aromatic carbocycles. The van der Waals surface area contributed by atoms with Crippen molar-refractivity contribution in [3.8, 4) is 0 Å². The predicted molar refractivity (Wildman–Crippen MR) is 198 cm³/mol. The highest BCUT2D eigenvalue weighted by molar-refractivity contribution is 6.11. The molecule has 14 nitrogen and oxygen atoms in total. The zero-order valence-electron chi connectivity index (χ0n) is 31.9. The van der Waals surface area contributed by atoms with Gasteiger partial charge in [-0.2, -0.15) is 0 Å². The summed E-state index contributed by atoms with van der Waals surface area (Å²) in [7, 11) is 0. The number of piperidine rings is 1. The van der Waals surface area contributed by atoms with Crippen molar-refractivity contribution in [3.05, 3.63) is 0 Å². The van der Waals surface area contributed by atoms with Gasteiger partial charge in [0, 0.05) is 89.0 Å². The van der Waals surface area contributed by atoms with E-state index in [9.17, 15) is 19.2 Å². The molecule has 0 aromatic rings. The molecule has 7 fully saturated rings. The Labute approximate surface area is 310 Å². The Bertz CT molecular complexity index is 1280. The average Bonchev–Trinajstić information content (AvgIpc) is 3.87. The minimum Gasteiger partial charge on any atom is -0.312 e. The van der Waals surface area contributed by atoms with Gasteiger partial charge in [0.25, 0.3) is 0 Å². The molecule has 0 bridgehead atoms. The first kappa shape index (κ1) is 38.2. The molecular formula is C38H66N10O4. The number of hydrazine groups is 1. The van der Waals surface area contributed by atoms with Gasteiger partial charge < -0.3 is 10.6 Å². The molecule has 4 amide bonds. The summed E-state index contributed by atoms with van der Waals surface area (Å²) in [5.41, 5.74) is 3.66. The van der Waals surface area contributed by atoms with Crippen LogP contribution >= 0.6 is 0 Å². The van der Waals surface area contributed by atoms with E-state index in [0.29, 0.717) is 42.9 Å². The maximum absolute atomic E-state index is 13.5. The number of hydrogen-bond donors (Lipinski definition) is 6. The SMILES string of the molecule is CCC(CC)C1CC(N[C@H]2CC[C@H](NCC(C)N3CCN(CCNC4CCCC5C(=O)N(C6CCC(=O)NC6=O)C(=O)C45)CC3)C2)N2NCCC2N1. The second kappa shape index (κ2) is 17.2. The van der Waals surface area contributed by atoms with Gasteiger partial charge in [-0.15, -0.1) is 0 Å². The van der Waals surface area contributed by atoms with Crippen molar-refractivity contribution in [2.75, 3.05) is 52.4 Å². The minimum atomic E-state index is -0.863. The monoisotopic (exact) mass is 727 g/mol. The lowest BCUT2D eigenvalue weighted by molar-refractivity contribution is -0.151. The minimum absolute atomic E-state index is 0.0638. The van der Waals surface area contributed by atoms with E-state index in [1.807, 2.05) is 0 Å². The van der Waals surface area contributed by atoms with E-state index in [4.69, 9.17) is 0 Å². The smallest absolute Gasteiger partial charge is 0.249 e. The van der Waals surface area contributed by atoms with Crippen molar-refractivity contribution in [1.29, 1.82) is 0 Å². The molecule has 10 atom stereocenters. The van der Waals surface area contributed by atoms with Crippen LogP contribution in [0.5, 0.6) is 0 Å². The number of amides is 4. The number of fused-ring (bicyclic) bond motifs is 2. The molecule has 0 radical (unpaired) electrons. The fourth-order valence-electron chi connectivity index (χ4n) is 10.7. The molecule has 2 saturated carbocycles. The summed E-state index contributed by atoms with van der Waals surface area (Å²) in [6.45, 7) is 15.0. The van der Waals surface area contributed by atoms with Crippen LogP contribution in [-0.4, -0.2) is 144 Å². The predicted octanol–water partition coefficient (Wildman–Crippen LogP) is 0.302. The number of rotatable bonds is 14. The van der Waals surface area contributed by atoms with Crippen LogP contribution in [0.4, 0.5) is 0 Å². The Morgan fingerprint density at radius 3 is 2.42 bits per heavy atom. The molecular weight excluding hydrogens is 660 g/mol. The lowest BCUT2D eigenvalue weighted by atomic mass is 9.77. The number of carbonyl (C=O) groups is 4. The van der Waals surface area contributed by atoms with E-state index in [1.54, 1.807) is 0 Å². The summed E-state index contributed by atoms with van der Waals surface area (Å²) in [5, 5.41) is 20.4. The highest BCUT2D eigenvalue weighted by atomic mass is 16.2. The molecule has 8 unspecified atom stereocenters. The quantitative estimate of drug-likeness (QED) is 0.137. The summed E-state index contributed by atoms with van der Waals surface area (Å²) < 4.78 is 0. The zero-order valence-corrected chi connectivity index (χ0v) is 31.9. The van der Waals surface area contributed by atoms with Crippen molar-refractivity contribution in [3.63, 3.8) is 0 Å². The number of hydrogen-bond acceptors (Lipinski definition) is 12. The Hall–Kier alpha value is -2.04. The normalized spacial score (nSPS) is 37.2. The maximum atomic E-state index is 13.5. The largest absolute Gasteiger partial charge is 0.312 e. The molecule has 6 N–H and O–H groups in total. The van der Waals surface area contributed by atoms with Gasteiger partial charge in [0.15, 0.2) is 0 Å². The standard InChI is InChI=1S/C38H66N10O4/c1-4-25(5-2)30-22-33(48-32(43-30)13-14-41-48)42-27-10-9-26(21-27)40-23-24(3)46-19-17-45(18-20-46)16-15-39-29-8-6-7-28-35(29)38(52)47(37(28)51)31-11-12-34(49)44-36(31)50/h24-33,35,39-43H,4-23H2,1-3H3,(H,44,49,50)/t24?,26-,27-,28?,29?,30?,31?,32?,33?,35?/m0/s1. The third-order valence-electron chi connectivity index (χ3n) is 13.8. The van der Waals surface area contributed by atoms with Gasteiger partial charge in [0.2, 0.25) is 23.6 Å². The van der Waals surface area contributed by atoms with E-state index in [2.05, 4.69) is 67.6 Å². The van der Waals surface area contributed by atoms with E-state index >= 15 is 0 Å². The molecule has 2 aliphatic carbocycles. The van der Waals surface area contributed by atoms with E-state index in [0.717, 1.165) is 77.5 Å². The van der Waals surface area contributed by atoms with Crippen LogP contribution in [0, 0.1) is 17.8 Å². The Morgan fingerprint density at radius 2 is 1.65 bits per heavy atom. The van der Waals surface area contributed by atoms with Crippen LogP contribution < -0.4 is 32.0 Å². The number of nitrogens with one attached hydrogen (secondary N) is 6. The molecule has 52 heavy (non-hydrogen) atoms. The molecule has 14 heteroatoms. The third-order valence-corrected chi connectivity index (χ3v) is 13.8. The molecule has 5 saturated heterocycles. The van der Waals surface area contributed by atoms with Crippen LogP contribution in [0.2, 0.25) is 0 Å². The van der Waals surface area contributed by atoms with Crippen LogP contribution in [0.25, 0.3) is 0 Å². The number of nitrogens with zero attached hydrogens (tertiary/aromatic N) is 4.